The minimum atomic E-state index is 0.697. The number of hydrogen-bond acceptors (Lipinski definition) is 4. The number of aromatic nitrogens is 1. The number of thiazole rings is 1. The van der Waals surface area contributed by atoms with Crippen LogP contribution in [-0.4, -0.2) is 24.1 Å². The van der Waals surface area contributed by atoms with Gasteiger partial charge in [0.05, 0.1) is 10.7 Å². The highest BCUT2D eigenvalue weighted by Crippen LogP contribution is 2.37. The average molecular weight is 251 g/mol. The van der Waals surface area contributed by atoms with Gasteiger partial charge in [0.2, 0.25) is 0 Å². The summed E-state index contributed by atoms with van der Waals surface area (Å²) >= 11 is 1.74. The molecule has 0 spiro atoms. The van der Waals surface area contributed by atoms with Crippen molar-refractivity contribution in [1.82, 2.24) is 15.6 Å². The maximum Gasteiger partial charge on any atom is 0.0897 e. The lowest BCUT2D eigenvalue weighted by Crippen LogP contribution is -2.37. The summed E-state index contributed by atoms with van der Waals surface area (Å²) in [6.45, 7) is 5.32. The minimum Gasteiger partial charge on any atom is -0.312 e. The Morgan fingerprint density at radius 2 is 2.47 bits per heavy atom. The predicted molar refractivity (Wildman–Crippen MR) is 71.2 cm³/mol. The smallest absolute Gasteiger partial charge is 0.0897 e. The van der Waals surface area contributed by atoms with E-state index in [4.69, 9.17) is 0 Å². The molecule has 1 saturated heterocycles. The maximum atomic E-state index is 4.48. The summed E-state index contributed by atoms with van der Waals surface area (Å²) in [4.78, 5) is 4.48. The number of fused-ring (bicyclic) bond motifs is 1. The molecule has 3 atom stereocenters. The second kappa shape index (κ2) is 5.04. The quantitative estimate of drug-likeness (QED) is 0.858. The molecule has 2 aliphatic rings. The van der Waals surface area contributed by atoms with Gasteiger partial charge in [0.15, 0.2) is 0 Å². The van der Waals surface area contributed by atoms with Gasteiger partial charge in [-0.1, -0.05) is 6.42 Å². The topological polar surface area (TPSA) is 37.0 Å². The third-order valence-corrected chi connectivity index (χ3v) is 5.04. The fourth-order valence-electron chi connectivity index (χ4n) is 3.37. The Bertz CT molecular complexity index is 376. The highest BCUT2D eigenvalue weighted by Gasteiger charge is 2.38. The van der Waals surface area contributed by atoms with Crippen LogP contribution >= 0.6 is 11.3 Å². The normalized spacial score (nSPS) is 31.9. The van der Waals surface area contributed by atoms with Gasteiger partial charge in [-0.25, -0.2) is 4.98 Å². The van der Waals surface area contributed by atoms with Gasteiger partial charge in [0, 0.05) is 24.5 Å². The number of aryl methyl sites for hydroxylation is 1. The van der Waals surface area contributed by atoms with Crippen molar-refractivity contribution in [3.8, 4) is 0 Å². The summed E-state index contributed by atoms with van der Waals surface area (Å²) in [6.07, 6.45) is 4.32. The first-order chi connectivity index (χ1) is 8.33. The van der Waals surface area contributed by atoms with Crippen LogP contribution in [0.15, 0.2) is 5.38 Å². The van der Waals surface area contributed by atoms with Gasteiger partial charge in [-0.05, 0) is 38.1 Å². The number of nitrogens with one attached hydrogen (secondary N) is 2. The van der Waals surface area contributed by atoms with Crippen molar-refractivity contribution in [3.63, 3.8) is 0 Å². The zero-order valence-electron chi connectivity index (χ0n) is 10.4. The van der Waals surface area contributed by atoms with Crippen LogP contribution in [0.25, 0.3) is 0 Å². The second-order valence-electron chi connectivity index (χ2n) is 5.36. The average Bonchev–Trinajstić information content (AvgIpc) is 2.97. The van der Waals surface area contributed by atoms with E-state index in [2.05, 4.69) is 27.9 Å². The van der Waals surface area contributed by atoms with E-state index in [9.17, 15) is 0 Å². The van der Waals surface area contributed by atoms with Crippen molar-refractivity contribution >= 4 is 11.3 Å². The van der Waals surface area contributed by atoms with Crippen molar-refractivity contribution in [2.45, 2.75) is 38.8 Å². The summed E-state index contributed by atoms with van der Waals surface area (Å²) in [5.41, 5.74) is 1.19. The van der Waals surface area contributed by atoms with Crippen molar-refractivity contribution in [2.24, 2.45) is 11.8 Å². The van der Waals surface area contributed by atoms with Gasteiger partial charge in [-0.3, -0.25) is 0 Å². The van der Waals surface area contributed by atoms with Crippen LogP contribution in [0.1, 0.15) is 30.0 Å². The molecular formula is C13H21N3S. The van der Waals surface area contributed by atoms with E-state index in [1.54, 1.807) is 11.3 Å². The molecule has 0 radical (unpaired) electrons. The summed E-state index contributed by atoms with van der Waals surface area (Å²) in [7, 11) is 0. The van der Waals surface area contributed by atoms with Crippen LogP contribution in [-0.2, 0) is 6.54 Å². The molecule has 1 aromatic rings. The molecule has 0 aromatic carbocycles. The lowest BCUT2D eigenvalue weighted by atomic mass is 9.94. The zero-order chi connectivity index (χ0) is 11.7. The van der Waals surface area contributed by atoms with Crippen molar-refractivity contribution in [1.29, 1.82) is 0 Å². The monoisotopic (exact) mass is 251 g/mol. The van der Waals surface area contributed by atoms with Crippen molar-refractivity contribution < 1.29 is 0 Å². The van der Waals surface area contributed by atoms with E-state index in [1.165, 1.54) is 31.5 Å². The molecule has 2 fully saturated rings. The number of hydrogen-bond donors (Lipinski definition) is 2. The molecule has 17 heavy (non-hydrogen) atoms. The third-order valence-electron chi connectivity index (χ3n) is 4.21. The van der Waals surface area contributed by atoms with E-state index in [-0.39, 0.29) is 0 Å². The Labute approximate surface area is 107 Å². The minimum absolute atomic E-state index is 0.697. The lowest BCUT2D eigenvalue weighted by molar-refractivity contribution is 0.393. The Morgan fingerprint density at radius 1 is 1.53 bits per heavy atom. The first-order valence-corrected chi connectivity index (χ1v) is 7.56. The summed E-state index contributed by atoms with van der Waals surface area (Å²) < 4.78 is 0. The molecule has 1 aliphatic heterocycles. The van der Waals surface area contributed by atoms with E-state index < -0.39 is 0 Å². The van der Waals surface area contributed by atoms with Gasteiger partial charge in [0.1, 0.15) is 0 Å². The Hall–Kier alpha value is -0.450. The zero-order valence-corrected chi connectivity index (χ0v) is 11.2. The number of nitrogens with zero attached hydrogens (tertiary/aromatic N) is 1. The van der Waals surface area contributed by atoms with Crippen LogP contribution in [0.3, 0.4) is 0 Å². The van der Waals surface area contributed by atoms with Crippen LogP contribution in [0.2, 0.25) is 0 Å². The van der Waals surface area contributed by atoms with Crippen molar-refractivity contribution in [2.75, 3.05) is 13.1 Å². The van der Waals surface area contributed by atoms with Gasteiger partial charge in [-0.15, -0.1) is 11.3 Å². The molecule has 94 valence electrons. The molecule has 2 heterocycles. The molecule has 1 aromatic heterocycles. The molecule has 3 unspecified atom stereocenters. The summed E-state index contributed by atoms with van der Waals surface area (Å²) in [6, 6.07) is 0.697. The van der Waals surface area contributed by atoms with E-state index >= 15 is 0 Å². The van der Waals surface area contributed by atoms with Gasteiger partial charge < -0.3 is 10.6 Å². The van der Waals surface area contributed by atoms with Gasteiger partial charge >= 0.3 is 0 Å². The van der Waals surface area contributed by atoms with Crippen LogP contribution in [0.5, 0.6) is 0 Å². The predicted octanol–water partition coefficient (Wildman–Crippen LogP) is 1.93. The van der Waals surface area contributed by atoms with Gasteiger partial charge in [-0.2, -0.15) is 0 Å². The Kier molecular flexibility index (Phi) is 3.45. The van der Waals surface area contributed by atoms with E-state index in [0.29, 0.717) is 6.04 Å². The molecule has 2 N–H and O–H groups in total. The first-order valence-electron chi connectivity index (χ1n) is 6.68. The highest BCUT2D eigenvalue weighted by molar-refractivity contribution is 7.09. The van der Waals surface area contributed by atoms with Gasteiger partial charge in [0.25, 0.3) is 0 Å². The lowest BCUT2D eigenvalue weighted by Gasteiger charge is -2.18. The molecule has 0 amide bonds. The third kappa shape index (κ3) is 2.54. The number of rotatable bonds is 4. The summed E-state index contributed by atoms with van der Waals surface area (Å²) in [5.74, 6) is 1.89. The molecule has 3 rings (SSSR count). The molecule has 4 heteroatoms. The van der Waals surface area contributed by atoms with E-state index in [0.717, 1.165) is 29.9 Å². The van der Waals surface area contributed by atoms with Crippen LogP contribution < -0.4 is 10.6 Å². The van der Waals surface area contributed by atoms with E-state index in [1.807, 2.05) is 0 Å². The largest absolute Gasteiger partial charge is 0.312 e. The fourth-order valence-corrected chi connectivity index (χ4v) is 3.98. The van der Waals surface area contributed by atoms with Crippen LogP contribution in [0, 0.1) is 18.8 Å². The molecular weight excluding hydrogens is 230 g/mol. The molecule has 1 aliphatic carbocycles. The van der Waals surface area contributed by atoms with Crippen LogP contribution in [0.4, 0.5) is 0 Å². The summed E-state index contributed by atoms with van der Waals surface area (Å²) in [5, 5.41) is 10.5. The fraction of sp³-hybridized carbons (Fsp3) is 0.769. The molecule has 0 bridgehead atoms. The first kappa shape index (κ1) is 11.6. The SMILES string of the molecule is Cc1nc(CNCC2NCC3CCCC32)cs1. The standard InChI is InChI=1S/C13H21N3S/c1-9-16-11(8-17-9)6-14-7-13-12-4-2-3-10(12)5-15-13/h8,10,12-15H,2-7H2,1H3. The Morgan fingerprint density at radius 3 is 3.29 bits per heavy atom. The maximum absolute atomic E-state index is 4.48. The highest BCUT2D eigenvalue weighted by atomic mass is 32.1. The Balaban J connectivity index is 1.45. The molecule has 3 nitrogen and oxygen atoms in total. The van der Waals surface area contributed by atoms with Crippen molar-refractivity contribution in [3.05, 3.63) is 16.1 Å². The molecule has 1 saturated carbocycles. The second-order valence-corrected chi connectivity index (χ2v) is 6.42.